The molecule has 8 heteroatoms. The number of rotatable bonds is 5. The third-order valence-electron chi connectivity index (χ3n) is 2.93. The van der Waals surface area contributed by atoms with Gasteiger partial charge in [-0.2, -0.15) is 0 Å². The van der Waals surface area contributed by atoms with E-state index in [9.17, 15) is 14.7 Å². The first-order valence-electron chi connectivity index (χ1n) is 6.28. The molecule has 0 unspecified atom stereocenters. The SMILES string of the molecule is CN(C)C(=O)CCn1nnc(C(=O)O)c1-c1ccncc1. The molecule has 0 atom stereocenters. The Balaban J connectivity index is 2.34. The Morgan fingerprint density at radius 3 is 2.52 bits per heavy atom. The van der Waals surface area contributed by atoms with Crippen LogP contribution >= 0.6 is 0 Å². The third-order valence-corrected chi connectivity index (χ3v) is 2.93. The lowest BCUT2D eigenvalue weighted by Gasteiger charge is -2.11. The number of amides is 1. The van der Waals surface area contributed by atoms with Crippen molar-refractivity contribution in [3.63, 3.8) is 0 Å². The van der Waals surface area contributed by atoms with Gasteiger partial charge in [-0.05, 0) is 12.1 Å². The third kappa shape index (κ3) is 3.22. The van der Waals surface area contributed by atoms with Crippen LogP contribution in [0, 0.1) is 0 Å². The maximum atomic E-state index is 11.6. The number of nitrogens with zero attached hydrogens (tertiary/aromatic N) is 5. The largest absolute Gasteiger partial charge is 0.476 e. The van der Waals surface area contributed by atoms with Gasteiger partial charge >= 0.3 is 5.97 Å². The molecule has 0 aromatic carbocycles. The number of hydrogen-bond acceptors (Lipinski definition) is 5. The van der Waals surface area contributed by atoms with Gasteiger partial charge < -0.3 is 10.0 Å². The molecule has 0 spiro atoms. The number of aryl methyl sites for hydroxylation is 1. The number of carbonyl (C=O) groups excluding carboxylic acids is 1. The van der Waals surface area contributed by atoms with Crippen LogP contribution in [0.4, 0.5) is 0 Å². The fourth-order valence-electron chi connectivity index (χ4n) is 1.83. The summed E-state index contributed by atoms with van der Waals surface area (Å²) in [4.78, 5) is 28.3. The summed E-state index contributed by atoms with van der Waals surface area (Å²) < 4.78 is 1.43. The number of pyridine rings is 1. The van der Waals surface area contributed by atoms with Crippen LogP contribution in [0.5, 0.6) is 0 Å². The first-order valence-corrected chi connectivity index (χ1v) is 6.28. The molecule has 110 valence electrons. The summed E-state index contributed by atoms with van der Waals surface area (Å²) >= 11 is 0. The topological polar surface area (TPSA) is 101 Å². The van der Waals surface area contributed by atoms with E-state index >= 15 is 0 Å². The lowest BCUT2D eigenvalue weighted by atomic mass is 10.1. The molecule has 21 heavy (non-hydrogen) atoms. The van der Waals surface area contributed by atoms with Gasteiger partial charge in [-0.3, -0.25) is 9.78 Å². The van der Waals surface area contributed by atoms with Crippen molar-refractivity contribution in [1.29, 1.82) is 0 Å². The van der Waals surface area contributed by atoms with E-state index in [1.54, 1.807) is 38.6 Å². The van der Waals surface area contributed by atoms with Gasteiger partial charge in [0, 0.05) is 38.5 Å². The average Bonchev–Trinajstić information content (AvgIpc) is 2.89. The van der Waals surface area contributed by atoms with Crippen molar-refractivity contribution >= 4 is 11.9 Å². The highest BCUT2D eigenvalue weighted by atomic mass is 16.4. The quantitative estimate of drug-likeness (QED) is 0.861. The van der Waals surface area contributed by atoms with Gasteiger partial charge in [0.1, 0.15) is 5.69 Å². The number of carboxylic acid groups (broad SMARTS) is 1. The Morgan fingerprint density at radius 1 is 1.29 bits per heavy atom. The van der Waals surface area contributed by atoms with E-state index in [1.165, 1.54) is 9.58 Å². The lowest BCUT2D eigenvalue weighted by molar-refractivity contribution is -0.128. The first kappa shape index (κ1) is 14.6. The van der Waals surface area contributed by atoms with Crippen LogP contribution in [0.1, 0.15) is 16.9 Å². The molecule has 0 bridgehead atoms. The molecule has 0 saturated carbocycles. The van der Waals surface area contributed by atoms with E-state index in [0.29, 0.717) is 11.3 Å². The Hall–Kier alpha value is -2.77. The molecular formula is C13H15N5O3. The van der Waals surface area contributed by atoms with Gasteiger partial charge in [0.2, 0.25) is 5.91 Å². The fourth-order valence-corrected chi connectivity index (χ4v) is 1.83. The summed E-state index contributed by atoms with van der Waals surface area (Å²) in [5, 5.41) is 16.7. The van der Waals surface area contributed by atoms with Crippen molar-refractivity contribution < 1.29 is 14.7 Å². The second-order valence-corrected chi connectivity index (χ2v) is 4.59. The van der Waals surface area contributed by atoms with E-state index in [2.05, 4.69) is 15.3 Å². The van der Waals surface area contributed by atoms with Crippen LogP contribution < -0.4 is 0 Å². The average molecular weight is 289 g/mol. The summed E-state index contributed by atoms with van der Waals surface area (Å²) in [5.41, 5.74) is 0.875. The van der Waals surface area contributed by atoms with E-state index in [-0.39, 0.29) is 24.6 Å². The van der Waals surface area contributed by atoms with Crippen molar-refractivity contribution in [3.8, 4) is 11.3 Å². The van der Waals surface area contributed by atoms with E-state index in [4.69, 9.17) is 0 Å². The second kappa shape index (κ2) is 6.12. The normalized spacial score (nSPS) is 10.4. The first-order chi connectivity index (χ1) is 10.0. The predicted octanol–water partition coefficient (Wildman–Crippen LogP) is 0.517. The lowest BCUT2D eigenvalue weighted by Crippen LogP contribution is -2.23. The Morgan fingerprint density at radius 2 is 1.95 bits per heavy atom. The number of carboxylic acids is 1. The molecule has 0 fully saturated rings. The standard InChI is InChI=1S/C13H15N5O3/c1-17(2)10(19)5-8-18-12(9-3-6-14-7-4-9)11(13(20)21)15-16-18/h3-4,6-7H,5,8H2,1-2H3,(H,20,21). The molecule has 2 aromatic heterocycles. The van der Waals surface area contributed by atoms with Crippen molar-refractivity contribution in [1.82, 2.24) is 24.9 Å². The Bertz CT molecular complexity index is 651. The number of aromatic carboxylic acids is 1. The summed E-state index contributed by atoms with van der Waals surface area (Å²) in [6.45, 7) is 0.259. The molecule has 2 rings (SSSR count). The molecule has 8 nitrogen and oxygen atoms in total. The van der Waals surface area contributed by atoms with Gasteiger partial charge in [0.25, 0.3) is 0 Å². The molecule has 2 aromatic rings. The van der Waals surface area contributed by atoms with Gasteiger partial charge in [0.05, 0.1) is 6.54 Å². The van der Waals surface area contributed by atoms with Crippen LogP contribution in [0.3, 0.4) is 0 Å². The van der Waals surface area contributed by atoms with Gasteiger partial charge in [-0.1, -0.05) is 5.21 Å². The zero-order valence-corrected chi connectivity index (χ0v) is 11.7. The van der Waals surface area contributed by atoms with Crippen molar-refractivity contribution in [2.75, 3.05) is 14.1 Å². The summed E-state index contributed by atoms with van der Waals surface area (Å²) in [7, 11) is 3.33. The highest BCUT2D eigenvalue weighted by Crippen LogP contribution is 2.21. The van der Waals surface area contributed by atoms with Crippen LogP contribution in [-0.2, 0) is 11.3 Å². The van der Waals surface area contributed by atoms with E-state index < -0.39 is 5.97 Å². The maximum Gasteiger partial charge on any atom is 0.358 e. The van der Waals surface area contributed by atoms with Crippen LogP contribution in [0.25, 0.3) is 11.3 Å². The summed E-state index contributed by atoms with van der Waals surface area (Å²) in [6.07, 6.45) is 3.33. The van der Waals surface area contributed by atoms with E-state index in [1.807, 2.05) is 0 Å². The zero-order chi connectivity index (χ0) is 15.4. The molecule has 0 saturated heterocycles. The summed E-state index contributed by atoms with van der Waals surface area (Å²) in [5.74, 6) is -1.23. The molecule has 1 amide bonds. The molecule has 1 N–H and O–H groups in total. The molecule has 0 aliphatic carbocycles. The highest BCUT2D eigenvalue weighted by molar-refractivity contribution is 5.92. The minimum absolute atomic E-state index is 0.0666. The summed E-state index contributed by atoms with van der Waals surface area (Å²) in [6, 6.07) is 3.35. The maximum absolute atomic E-state index is 11.6. The van der Waals surface area contributed by atoms with Gasteiger partial charge in [0.15, 0.2) is 5.69 Å². The van der Waals surface area contributed by atoms with Gasteiger partial charge in [-0.15, -0.1) is 5.10 Å². The second-order valence-electron chi connectivity index (χ2n) is 4.59. The minimum Gasteiger partial charge on any atom is -0.476 e. The number of hydrogen-bond donors (Lipinski definition) is 1. The van der Waals surface area contributed by atoms with Crippen LogP contribution in [0.15, 0.2) is 24.5 Å². The van der Waals surface area contributed by atoms with Crippen molar-refractivity contribution in [2.24, 2.45) is 0 Å². The number of carbonyl (C=O) groups is 2. The Kier molecular flexibility index (Phi) is 4.27. The van der Waals surface area contributed by atoms with Crippen LogP contribution in [0.2, 0.25) is 0 Å². The zero-order valence-electron chi connectivity index (χ0n) is 11.7. The predicted molar refractivity (Wildman–Crippen MR) is 73.5 cm³/mol. The molecule has 0 radical (unpaired) electrons. The van der Waals surface area contributed by atoms with Crippen molar-refractivity contribution in [2.45, 2.75) is 13.0 Å². The highest BCUT2D eigenvalue weighted by Gasteiger charge is 2.21. The molecule has 2 heterocycles. The molecule has 0 aliphatic heterocycles. The van der Waals surface area contributed by atoms with Crippen LogP contribution in [-0.4, -0.2) is 56.0 Å². The van der Waals surface area contributed by atoms with Crippen molar-refractivity contribution in [3.05, 3.63) is 30.2 Å². The van der Waals surface area contributed by atoms with Gasteiger partial charge in [-0.25, -0.2) is 9.48 Å². The monoisotopic (exact) mass is 289 g/mol. The fraction of sp³-hybridized carbons (Fsp3) is 0.308. The molecular weight excluding hydrogens is 274 g/mol. The Labute approximate surface area is 121 Å². The smallest absolute Gasteiger partial charge is 0.358 e. The molecule has 0 aliphatic rings. The minimum atomic E-state index is -1.16. The van der Waals surface area contributed by atoms with E-state index in [0.717, 1.165) is 0 Å². The number of aromatic nitrogens is 4.